The van der Waals surface area contributed by atoms with Gasteiger partial charge in [-0.15, -0.1) is 0 Å². The number of carbonyl (C=O) groups excluding carboxylic acids is 1. The second kappa shape index (κ2) is 7.45. The molecule has 0 bridgehead atoms. The number of amides is 1. The van der Waals surface area contributed by atoms with E-state index in [0.717, 1.165) is 5.56 Å². The van der Waals surface area contributed by atoms with Crippen LogP contribution in [0, 0.1) is 0 Å². The highest BCUT2D eigenvalue weighted by atomic mass is 16.4. The van der Waals surface area contributed by atoms with E-state index in [1.165, 1.54) is 0 Å². The van der Waals surface area contributed by atoms with Gasteiger partial charge in [0.05, 0.1) is 0 Å². The van der Waals surface area contributed by atoms with Gasteiger partial charge in [0.2, 0.25) is 5.91 Å². The zero-order valence-electron chi connectivity index (χ0n) is 10.0. The van der Waals surface area contributed by atoms with E-state index >= 15 is 0 Å². The molecule has 0 heterocycles. The van der Waals surface area contributed by atoms with Crippen molar-refractivity contribution in [3.05, 3.63) is 35.9 Å². The lowest BCUT2D eigenvalue weighted by atomic mass is 10.1. The Morgan fingerprint density at radius 1 is 1.22 bits per heavy atom. The maximum Gasteiger partial charge on any atom is 0.326 e. The summed E-state index contributed by atoms with van der Waals surface area (Å²) in [6.45, 7) is -0.0795. The first kappa shape index (κ1) is 14.2. The number of hydrogen-bond donors (Lipinski definition) is 3. The SMILES string of the molecule is O=C(CCCO)NC(Cc1ccccc1)C(=O)O. The maximum absolute atomic E-state index is 11.4. The highest BCUT2D eigenvalue weighted by Gasteiger charge is 2.19. The molecule has 5 heteroatoms. The molecule has 1 unspecified atom stereocenters. The van der Waals surface area contributed by atoms with Crippen molar-refractivity contribution in [2.24, 2.45) is 0 Å². The van der Waals surface area contributed by atoms with Crippen LogP contribution in [0.3, 0.4) is 0 Å². The van der Waals surface area contributed by atoms with Crippen LogP contribution in [0.25, 0.3) is 0 Å². The number of rotatable bonds is 7. The average molecular weight is 251 g/mol. The summed E-state index contributed by atoms with van der Waals surface area (Å²) in [5.41, 5.74) is 0.854. The second-order valence-corrected chi connectivity index (χ2v) is 3.98. The number of carbonyl (C=O) groups is 2. The summed E-state index contributed by atoms with van der Waals surface area (Å²) in [6, 6.07) is 8.19. The van der Waals surface area contributed by atoms with Gasteiger partial charge < -0.3 is 15.5 Å². The molecule has 0 saturated heterocycles. The van der Waals surface area contributed by atoms with Crippen molar-refractivity contribution in [3.63, 3.8) is 0 Å². The topological polar surface area (TPSA) is 86.6 Å². The smallest absolute Gasteiger partial charge is 0.326 e. The first-order valence-electron chi connectivity index (χ1n) is 5.80. The molecule has 0 radical (unpaired) electrons. The molecule has 5 nitrogen and oxygen atoms in total. The van der Waals surface area contributed by atoms with Crippen molar-refractivity contribution >= 4 is 11.9 Å². The first-order chi connectivity index (χ1) is 8.63. The van der Waals surface area contributed by atoms with E-state index in [0.29, 0.717) is 6.42 Å². The predicted octanol–water partition coefficient (Wildman–Crippen LogP) is 0.571. The van der Waals surface area contributed by atoms with E-state index in [-0.39, 0.29) is 25.4 Å². The zero-order chi connectivity index (χ0) is 13.4. The number of nitrogens with one attached hydrogen (secondary N) is 1. The van der Waals surface area contributed by atoms with Gasteiger partial charge in [-0.3, -0.25) is 4.79 Å². The van der Waals surface area contributed by atoms with Gasteiger partial charge in [0.25, 0.3) is 0 Å². The molecule has 0 aromatic heterocycles. The Morgan fingerprint density at radius 2 is 1.89 bits per heavy atom. The lowest BCUT2D eigenvalue weighted by molar-refractivity contribution is -0.141. The Bertz CT molecular complexity index is 391. The van der Waals surface area contributed by atoms with Gasteiger partial charge in [-0.2, -0.15) is 0 Å². The van der Waals surface area contributed by atoms with Crippen LogP contribution in [-0.4, -0.2) is 34.7 Å². The molecule has 98 valence electrons. The lowest BCUT2D eigenvalue weighted by Crippen LogP contribution is -2.42. The van der Waals surface area contributed by atoms with Crippen LogP contribution in [0.1, 0.15) is 18.4 Å². The van der Waals surface area contributed by atoms with Crippen molar-refractivity contribution in [1.82, 2.24) is 5.32 Å². The summed E-state index contributed by atoms with van der Waals surface area (Å²) in [7, 11) is 0. The van der Waals surface area contributed by atoms with Crippen LogP contribution in [0.4, 0.5) is 0 Å². The molecule has 0 aliphatic heterocycles. The zero-order valence-corrected chi connectivity index (χ0v) is 10.0. The van der Waals surface area contributed by atoms with E-state index in [1.807, 2.05) is 30.3 Å². The summed E-state index contributed by atoms with van der Waals surface area (Å²) < 4.78 is 0. The Kier molecular flexibility index (Phi) is 5.87. The number of aliphatic carboxylic acids is 1. The number of aliphatic hydroxyl groups excluding tert-OH is 1. The van der Waals surface area contributed by atoms with Gasteiger partial charge in [-0.05, 0) is 12.0 Å². The van der Waals surface area contributed by atoms with Gasteiger partial charge in [-0.25, -0.2) is 4.79 Å². The monoisotopic (exact) mass is 251 g/mol. The minimum atomic E-state index is -1.06. The molecule has 0 saturated carbocycles. The van der Waals surface area contributed by atoms with Gasteiger partial charge in [-0.1, -0.05) is 30.3 Å². The van der Waals surface area contributed by atoms with E-state index in [4.69, 9.17) is 10.2 Å². The van der Waals surface area contributed by atoms with E-state index in [9.17, 15) is 9.59 Å². The maximum atomic E-state index is 11.4. The standard InChI is InChI=1S/C13H17NO4/c15-8-4-7-12(16)14-11(13(17)18)9-10-5-2-1-3-6-10/h1-3,5-6,11,15H,4,7-9H2,(H,14,16)(H,17,18). The van der Waals surface area contributed by atoms with Crippen LogP contribution in [0.15, 0.2) is 30.3 Å². The fraction of sp³-hybridized carbons (Fsp3) is 0.385. The Balaban J connectivity index is 2.55. The van der Waals surface area contributed by atoms with Crippen molar-refractivity contribution < 1.29 is 19.8 Å². The summed E-state index contributed by atoms with van der Waals surface area (Å²) in [5.74, 6) is -1.41. The average Bonchev–Trinajstić information content (AvgIpc) is 2.36. The molecule has 1 atom stereocenters. The number of carboxylic acid groups (broad SMARTS) is 1. The predicted molar refractivity (Wildman–Crippen MR) is 66.0 cm³/mol. The Hall–Kier alpha value is -1.88. The van der Waals surface area contributed by atoms with Gasteiger partial charge in [0.1, 0.15) is 6.04 Å². The molecule has 0 aliphatic rings. The van der Waals surface area contributed by atoms with Crippen LogP contribution in [0.5, 0.6) is 0 Å². The van der Waals surface area contributed by atoms with Crippen molar-refractivity contribution in [2.75, 3.05) is 6.61 Å². The third kappa shape index (κ3) is 4.97. The quantitative estimate of drug-likeness (QED) is 0.661. The summed E-state index contributed by atoms with van der Waals surface area (Å²) in [6.07, 6.45) is 0.722. The number of aliphatic hydroxyl groups is 1. The van der Waals surface area contributed by atoms with Gasteiger partial charge >= 0.3 is 5.97 Å². The third-order valence-corrected chi connectivity index (χ3v) is 2.48. The molecule has 0 spiro atoms. The van der Waals surface area contributed by atoms with Crippen LogP contribution in [-0.2, 0) is 16.0 Å². The minimum absolute atomic E-state index is 0.0795. The highest BCUT2D eigenvalue weighted by molar-refractivity contribution is 5.83. The Morgan fingerprint density at radius 3 is 2.44 bits per heavy atom. The van der Waals surface area contributed by atoms with Gasteiger partial charge in [0, 0.05) is 19.4 Å². The van der Waals surface area contributed by atoms with E-state index in [2.05, 4.69) is 5.32 Å². The second-order valence-electron chi connectivity index (χ2n) is 3.98. The molecular formula is C13H17NO4. The van der Waals surface area contributed by atoms with E-state index in [1.54, 1.807) is 0 Å². The molecular weight excluding hydrogens is 234 g/mol. The summed E-state index contributed by atoms with van der Waals surface area (Å²) in [4.78, 5) is 22.5. The Labute approximate surface area is 105 Å². The molecule has 18 heavy (non-hydrogen) atoms. The van der Waals surface area contributed by atoms with E-state index < -0.39 is 12.0 Å². The van der Waals surface area contributed by atoms with Crippen molar-refractivity contribution in [3.8, 4) is 0 Å². The number of carboxylic acids is 1. The number of benzene rings is 1. The fourth-order valence-corrected chi connectivity index (χ4v) is 1.56. The molecule has 3 N–H and O–H groups in total. The highest BCUT2D eigenvalue weighted by Crippen LogP contribution is 2.04. The molecule has 1 rings (SSSR count). The van der Waals surface area contributed by atoms with Crippen LogP contribution < -0.4 is 5.32 Å². The minimum Gasteiger partial charge on any atom is -0.480 e. The normalized spacial score (nSPS) is 11.8. The van der Waals surface area contributed by atoms with Gasteiger partial charge in [0.15, 0.2) is 0 Å². The molecule has 1 aromatic rings. The van der Waals surface area contributed by atoms with Crippen molar-refractivity contribution in [1.29, 1.82) is 0 Å². The van der Waals surface area contributed by atoms with Crippen LogP contribution in [0.2, 0.25) is 0 Å². The lowest BCUT2D eigenvalue weighted by Gasteiger charge is -2.14. The molecule has 1 aromatic carbocycles. The summed E-state index contributed by atoms with van der Waals surface area (Å²) in [5, 5.41) is 20.1. The molecule has 1 amide bonds. The third-order valence-electron chi connectivity index (χ3n) is 2.48. The van der Waals surface area contributed by atoms with Crippen LogP contribution >= 0.6 is 0 Å². The number of hydrogen-bond acceptors (Lipinski definition) is 3. The molecule has 0 aliphatic carbocycles. The van der Waals surface area contributed by atoms with Crippen molar-refractivity contribution in [2.45, 2.75) is 25.3 Å². The fourth-order valence-electron chi connectivity index (χ4n) is 1.56. The largest absolute Gasteiger partial charge is 0.480 e. The first-order valence-corrected chi connectivity index (χ1v) is 5.80. The summed E-state index contributed by atoms with van der Waals surface area (Å²) >= 11 is 0. The molecule has 0 fully saturated rings.